The highest BCUT2D eigenvalue weighted by Gasteiger charge is 2.50. The summed E-state index contributed by atoms with van der Waals surface area (Å²) in [5.41, 5.74) is 1.86. The van der Waals surface area contributed by atoms with Gasteiger partial charge in [0.2, 0.25) is 0 Å². The molecule has 0 unspecified atom stereocenters. The van der Waals surface area contributed by atoms with Crippen molar-refractivity contribution < 1.29 is 4.74 Å². The van der Waals surface area contributed by atoms with Crippen molar-refractivity contribution in [3.05, 3.63) is 35.9 Å². The summed E-state index contributed by atoms with van der Waals surface area (Å²) in [4.78, 5) is 0. The van der Waals surface area contributed by atoms with Crippen molar-refractivity contribution in [3.8, 4) is 0 Å². The molecule has 70 valence electrons. The number of rotatable bonds is 3. The average molecular weight is 176 g/mol. The molecule has 1 aromatic carbocycles. The van der Waals surface area contributed by atoms with Gasteiger partial charge in [-0.2, -0.15) is 0 Å². The number of benzene rings is 1. The van der Waals surface area contributed by atoms with E-state index in [0.717, 1.165) is 6.61 Å². The van der Waals surface area contributed by atoms with Gasteiger partial charge in [-0.1, -0.05) is 37.3 Å². The lowest BCUT2D eigenvalue weighted by Crippen LogP contribution is -2.06. The molecule has 2 atom stereocenters. The highest BCUT2D eigenvalue weighted by atomic mass is 16.5. The molecule has 1 fully saturated rings. The van der Waals surface area contributed by atoms with Crippen molar-refractivity contribution in [1.82, 2.24) is 0 Å². The molecule has 1 aromatic rings. The standard InChI is InChI=1S/C12H16O/c1-12(9-13-2)8-11(12)10-6-4-3-5-7-10/h3-7,11H,8-9H2,1-2H3/t11-,12+/m1/s1. The minimum Gasteiger partial charge on any atom is -0.384 e. The van der Waals surface area contributed by atoms with Crippen molar-refractivity contribution >= 4 is 0 Å². The van der Waals surface area contributed by atoms with Gasteiger partial charge in [-0.3, -0.25) is 0 Å². The van der Waals surface area contributed by atoms with Gasteiger partial charge in [0.1, 0.15) is 0 Å². The summed E-state index contributed by atoms with van der Waals surface area (Å²) in [6, 6.07) is 10.7. The maximum atomic E-state index is 5.22. The first-order chi connectivity index (χ1) is 6.26. The molecule has 0 saturated heterocycles. The number of hydrogen-bond donors (Lipinski definition) is 0. The third-order valence-corrected chi connectivity index (χ3v) is 3.03. The van der Waals surface area contributed by atoms with Gasteiger partial charge < -0.3 is 4.74 Å². The third-order valence-electron chi connectivity index (χ3n) is 3.03. The fraction of sp³-hybridized carbons (Fsp3) is 0.500. The molecule has 0 amide bonds. The molecule has 0 radical (unpaired) electrons. The number of methoxy groups -OCH3 is 1. The van der Waals surface area contributed by atoms with E-state index in [0.29, 0.717) is 11.3 Å². The SMILES string of the molecule is COC[C@]1(C)C[C@@H]1c1ccccc1. The summed E-state index contributed by atoms with van der Waals surface area (Å²) < 4.78 is 5.22. The smallest absolute Gasteiger partial charge is 0.0522 e. The summed E-state index contributed by atoms with van der Waals surface area (Å²) in [5.74, 6) is 0.716. The molecule has 0 aliphatic heterocycles. The molecule has 0 heterocycles. The summed E-state index contributed by atoms with van der Waals surface area (Å²) in [6.45, 7) is 3.18. The van der Waals surface area contributed by atoms with E-state index in [1.54, 1.807) is 7.11 Å². The maximum Gasteiger partial charge on any atom is 0.0522 e. The molecule has 1 saturated carbocycles. The van der Waals surface area contributed by atoms with Crippen LogP contribution in [0.5, 0.6) is 0 Å². The number of ether oxygens (including phenoxy) is 1. The van der Waals surface area contributed by atoms with Crippen LogP contribution >= 0.6 is 0 Å². The maximum absolute atomic E-state index is 5.22. The van der Waals surface area contributed by atoms with E-state index in [1.807, 2.05) is 0 Å². The predicted molar refractivity (Wildman–Crippen MR) is 53.8 cm³/mol. The second kappa shape index (κ2) is 3.15. The Labute approximate surface area is 79.7 Å². The van der Waals surface area contributed by atoms with Crippen LogP contribution in [0.3, 0.4) is 0 Å². The zero-order chi connectivity index (χ0) is 9.31. The highest BCUT2D eigenvalue weighted by Crippen LogP contribution is 2.58. The van der Waals surface area contributed by atoms with E-state index in [4.69, 9.17) is 4.74 Å². The Morgan fingerprint density at radius 1 is 1.38 bits per heavy atom. The van der Waals surface area contributed by atoms with Crippen LogP contribution in [-0.2, 0) is 4.74 Å². The van der Waals surface area contributed by atoms with Crippen LogP contribution in [0, 0.1) is 5.41 Å². The fourth-order valence-corrected chi connectivity index (χ4v) is 2.10. The Hall–Kier alpha value is -0.820. The van der Waals surface area contributed by atoms with Crippen LogP contribution in [-0.4, -0.2) is 13.7 Å². The minimum absolute atomic E-state index is 0.399. The first-order valence-electron chi connectivity index (χ1n) is 4.80. The first-order valence-corrected chi connectivity index (χ1v) is 4.80. The molecular formula is C12H16O. The van der Waals surface area contributed by atoms with Crippen LogP contribution in [0.1, 0.15) is 24.8 Å². The van der Waals surface area contributed by atoms with Crippen molar-refractivity contribution in [2.75, 3.05) is 13.7 Å². The molecular weight excluding hydrogens is 160 g/mol. The lowest BCUT2D eigenvalue weighted by Gasteiger charge is -2.09. The van der Waals surface area contributed by atoms with Crippen LogP contribution in [0.15, 0.2) is 30.3 Å². The second-order valence-electron chi connectivity index (χ2n) is 4.25. The van der Waals surface area contributed by atoms with E-state index >= 15 is 0 Å². The lowest BCUT2D eigenvalue weighted by atomic mass is 10.0. The number of hydrogen-bond acceptors (Lipinski definition) is 1. The van der Waals surface area contributed by atoms with E-state index in [1.165, 1.54) is 12.0 Å². The van der Waals surface area contributed by atoms with Gasteiger partial charge in [0, 0.05) is 7.11 Å². The van der Waals surface area contributed by atoms with Crippen molar-refractivity contribution in [2.24, 2.45) is 5.41 Å². The van der Waals surface area contributed by atoms with Gasteiger partial charge in [0.15, 0.2) is 0 Å². The Balaban J connectivity index is 2.07. The van der Waals surface area contributed by atoms with E-state index in [9.17, 15) is 0 Å². The Kier molecular flexibility index (Phi) is 2.12. The molecule has 1 aliphatic rings. The highest BCUT2D eigenvalue weighted by molar-refractivity contribution is 5.28. The fourth-order valence-electron chi connectivity index (χ4n) is 2.10. The zero-order valence-corrected chi connectivity index (χ0v) is 8.29. The third kappa shape index (κ3) is 1.61. The van der Waals surface area contributed by atoms with Crippen LogP contribution in [0.4, 0.5) is 0 Å². The lowest BCUT2D eigenvalue weighted by molar-refractivity contribution is 0.147. The summed E-state index contributed by atoms with van der Waals surface area (Å²) in [7, 11) is 1.78. The first kappa shape index (κ1) is 8.76. The van der Waals surface area contributed by atoms with E-state index < -0.39 is 0 Å². The molecule has 0 bridgehead atoms. The summed E-state index contributed by atoms with van der Waals surface area (Å²) in [6.07, 6.45) is 1.27. The predicted octanol–water partition coefficient (Wildman–Crippen LogP) is 2.83. The molecule has 1 aliphatic carbocycles. The minimum atomic E-state index is 0.399. The van der Waals surface area contributed by atoms with E-state index in [2.05, 4.69) is 37.3 Å². The van der Waals surface area contributed by atoms with Gasteiger partial charge in [-0.15, -0.1) is 0 Å². The van der Waals surface area contributed by atoms with Crippen LogP contribution < -0.4 is 0 Å². The zero-order valence-electron chi connectivity index (χ0n) is 8.29. The van der Waals surface area contributed by atoms with Gasteiger partial charge in [-0.25, -0.2) is 0 Å². The second-order valence-corrected chi connectivity index (χ2v) is 4.25. The summed E-state index contributed by atoms with van der Waals surface area (Å²) >= 11 is 0. The summed E-state index contributed by atoms with van der Waals surface area (Å²) in [5, 5.41) is 0. The van der Waals surface area contributed by atoms with Gasteiger partial charge in [0.05, 0.1) is 6.61 Å². The Morgan fingerprint density at radius 2 is 2.08 bits per heavy atom. The van der Waals surface area contributed by atoms with Crippen LogP contribution in [0.25, 0.3) is 0 Å². The van der Waals surface area contributed by atoms with Gasteiger partial charge in [-0.05, 0) is 23.3 Å². The quantitative estimate of drug-likeness (QED) is 0.688. The molecule has 1 nitrogen and oxygen atoms in total. The Bertz CT molecular complexity index is 280. The monoisotopic (exact) mass is 176 g/mol. The molecule has 0 aromatic heterocycles. The van der Waals surface area contributed by atoms with Gasteiger partial charge >= 0.3 is 0 Å². The average Bonchev–Trinajstić information content (AvgIpc) is 2.80. The molecule has 2 rings (SSSR count). The van der Waals surface area contributed by atoms with Crippen molar-refractivity contribution in [1.29, 1.82) is 0 Å². The topological polar surface area (TPSA) is 9.23 Å². The largest absolute Gasteiger partial charge is 0.384 e. The van der Waals surface area contributed by atoms with E-state index in [-0.39, 0.29) is 0 Å². The van der Waals surface area contributed by atoms with Crippen molar-refractivity contribution in [3.63, 3.8) is 0 Å². The van der Waals surface area contributed by atoms with Crippen LogP contribution in [0.2, 0.25) is 0 Å². The normalized spacial score (nSPS) is 31.7. The molecule has 1 heteroatoms. The Morgan fingerprint density at radius 3 is 2.69 bits per heavy atom. The molecule has 0 spiro atoms. The van der Waals surface area contributed by atoms with Crippen molar-refractivity contribution in [2.45, 2.75) is 19.3 Å². The molecule has 0 N–H and O–H groups in total. The molecule has 13 heavy (non-hydrogen) atoms. The van der Waals surface area contributed by atoms with Gasteiger partial charge in [0.25, 0.3) is 0 Å².